The SMILES string of the molecule is Cc1ccnc(NC2C3CNC2C3)n1. The maximum atomic E-state index is 4.34. The van der Waals surface area contributed by atoms with Crippen LogP contribution in [0.15, 0.2) is 12.3 Å². The Labute approximate surface area is 83.1 Å². The van der Waals surface area contributed by atoms with Crippen LogP contribution < -0.4 is 10.6 Å². The number of fused-ring (bicyclic) bond motifs is 1. The monoisotopic (exact) mass is 190 g/mol. The van der Waals surface area contributed by atoms with Gasteiger partial charge >= 0.3 is 0 Å². The van der Waals surface area contributed by atoms with Gasteiger partial charge in [0.25, 0.3) is 0 Å². The zero-order chi connectivity index (χ0) is 9.54. The molecule has 0 radical (unpaired) electrons. The summed E-state index contributed by atoms with van der Waals surface area (Å²) in [6, 6.07) is 3.11. The molecule has 4 nitrogen and oxygen atoms in total. The Morgan fingerprint density at radius 1 is 1.57 bits per heavy atom. The van der Waals surface area contributed by atoms with Crippen LogP contribution in [0, 0.1) is 12.8 Å². The summed E-state index contributed by atoms with van der Waals surface area (Å²) in [6.45, 7) is 3.13. The van der Waals surface area contributed by atoms with E-state index in [0.717, 1.165) is 24.1 Å². The van der Waals surface area contributed by atoms with Crippen molar-refractivity contribution in [1.82, 2.24) is 15.3 Å². The standard InChI is InChI=1S/C10H14N4/c1-6-2-3-11-10(13-6)14-9-7-4-8(9)12-5-7/h2-3,7-9,12H,4-5H2,1H3,(H,11,13,14). The molecule has 3 fully saturated rings. The number of rotatable bonds is 2. The molecule has 0 aromatic carbocycles. The average Bonchev–Trinajstić information content (AvgIpc) is 2.75. The lowest BCUT2D eigenvalue weighted by atomic mass is 9.80. The first kappa shape index (κ1) is 8.17. The first-order chi connectivity index (χ1) is 6.83. The van der Waals surface area contributed by atoms with Gasteiger partial charge in [0.2, 0.25) is 5.95 Å². The summed E-state index contributed by atoms with van der Waals surface area (Å²) in [5.41, 5.74) is 1.02. The number of hydrogen-bond acceptors (Lipinski definition) is 4. The van der Waals surface area contributed by atoms with Crippen LogP contribution in [0.4, 0.5) is 5.95 Å². The normalized spacial score (nSPS) is 33.9. The average molecular weight is 190 g/mol. The third-order valence-corrected chi connectivity index (χ3v) is 3.23. The van der Waals surface area contributed by atoms with Gasteiger partial charge in [-0.25, -0.2) is 9.97 Å². The van der Waals surface area contributed by atoms with E-state index >= 15 is 0 Å². The van der Waals surface area contributed by atoms with Crippen LogP contribution in [0.1, 0.15) is 12.1 Å². The molecule has 3 heterocycles. The van der Waals surface area contributed by atoms with Crippen molar-refractivity contribution in [1.29, 1.82) is 0 Å². The molecule has 74 valence electrons. The van der Waals surface area contributed by atoms with Gasteiger partial charge < -0.3 is 10.6 Å². The number of aryl methyl sites for hydroxylation is 1. The molecule has 2 aliphatic heterocycles. The highest BCUT2D eigenvalue weighted by atomic mass is 15.2. The molecule has 2 N–H and O–H groups in total. The lowest BCUT2D eigenvalue weighted by Gasteiger charge is -2.34. The molecule has 4 rings (SSSR count). The van der Waals surface area contributed by atoms with Crippen LogP contribution in [0.5, 0.6) is 0 Å². The molecule has 2 bridgehead atoms. The molecule has 4 heteroatoms. The van der Waals surface area contributed by atoms with E-state index in [2.05, 4.69) is 20.6 Å². The highest BCUT2D eigenvalue weighted by molar-refractivity contribution is 5.31. The minimum atomic E-state index is 0.553. The second kappa shape index (κ2) is 2.92. The summed E-state index contributed by atoms with van der Waals surface area (Å²) in [7, 11) is 0. The first-order valence-corrected chi connectivity index (χ1v) is 5.12. The molecule has 3 aliphatic rings. The maximum Gasteiger partial charge on any atom is 0.223 e. The van der Waals surface area contributed by atoms with Gasteiger partial charge in [0.15, 0.2) is 0 Å². The molecular weight excluding hydrogens is 176 g/mol. The molecule has 1 saturated carbocycles. The van der Waals surface area contributed by atoms with Gasteiger partial charge in [-0.05, 0) is 25.3 Å². The van der Waals surface area contributed by atoms with E-state index in [1.165, 1.54) is 6.42 Å². The molecule has 1 aliphatic carbocycles. The molecule has 2 saturated heterocycles. The Morgan fingerprint density at radius 3 is 3.14 bits per heavy atom. The summed E-state index contributed by atoms with van der Waals surface area (Å²) < 4.78 is 0. The van der Waals surface area contributed by atoms with Crippen molar-refractivity contribution in [2.45, 2.75) is 25.4 Å². The van der Waals surface area contributed by atoms with Gasteiger partial charge in [0, 0.05) is 30.5 Å². The van der Waals surface area contributed by atoms with Gasteiger partial charge in [-0.2, -0.15) is 0 Å². The molecule has 3 atom stereocenters. The number of hydrogen-bond donors (Lipinski definition) is 2. The van der Waals surface area contributed by atoms with Gasteiger partial charge in [-0.1, -0.05) is 0 Å². The highest BCUT2D eigenvalue weighted by Crippen LogP contribution is 2.35. The summed E-state index contributed by atoms with van der Waals surface area (Å²) in [6.07, 6.45) is 3.11. The fourth-order valence-electron chi connectivity index (χ4n) is 2.36. The second-order valence-electron chi connectivity index (χ2n) is 4.20. The minimum Gasteiger partial charge on any atom is -0.350 e. The number of nitrogens with one attached hydrogen (secondary N) is 2. The van der Waals surface area contributed by atoms with Gasteiger partial charge in [-0.15, -0.1) is 0 Å². The Kier molecular flexibility index (Phi) is 1.70. The first-order valence-electron chi connectivity index (χ1n) is 5.12. The number of aromatic nitrogens is 2. The fourth-order valence-corrected chi connectivity index (χ4v) is 2.36. The zero-order valence-corrected chi connectivity index (χ0v) is 8.20. The van der Waals surface area contributed by atoms with Crippen LogP contribution in [0.2, 0.25) is 0 Å². The van der Waals surface area contributed by atoms with Crippen molar-refractivity contribution in [3.8, 4) is 0 Å². The topological polar surface area (TPSA) is 49.8 Å². The van der Waals surface area contributed by atoms with Gasteiger partial charge in [0.1, 0.15) is 0 Å². The van der Waals surface area contributed by atoms with Crippen molar-refractivity contribution < 1.29 is 0 Å². The Hall–Kier alpha value is -1.16. The van der Waals surface area contributed by atoms with Crippen molar-refractivity contribution >= 4 is 5.95 Å². The van der Waals surface area contributed by atoms with Crippen LogP contribution in [0.3, 0.4) is 0 Å². The van der Waals surface area contributed by atoms with Crippen molar-refractivity contribution in [2.75, 3.05) is 11.9 Å². The van der Waals surface area contributed by atoms with Crippen LogP contribution >= 0.6 is 0 Å². The summed E-state index contributed by atoms with van der Waals surface area (Å²) in [5, 5.41) is 6.86. The molecule has 0 spiro atoms. The van der Waals surface area contributed by atoms with E-state index in [4.69, 9.17) is 0 Å². The van der Waals surface area contributed by atoms with Crippen molar-refractivity contribution in [3.05, 3.63) is 18.0 Å². The van der Waals surface area contributed by atoms with Crippen LogP contribution in [0.25, 0.3) is 0 Å². The third-order valence-electron chi connectivity index (χ3n) is 3.23. The molecule has 1 aromatic rings. The summed E-state index contributed by atoms with van der Waals surface area (Å²) >= 11 is 0. The van der Waals surface area contributed by atoms with Crippen LogP contribution in [-0.4, -0.2) is 28.6 Å². The summed E-state index contributed by atoms with van der Waals surface area (Å²) in [5.74, 6) is 1.55. The molecule has 0 amide bonds. The zero-order valence-electron chi connectivity index (χ0n) is 8.20. The second-order valence-corrected chi connectivity index (χ2v) is 4.20. The molecule has 3 unspecified atom stereocenters. The third kappa shape index (κ3) is 1.18. The Balaban J connectivity index is 1.73. The Bertz CT molecular complexity index is 338. The highest BCUT2D eigenvalue weighted by Gasteiger charge is 2.46. The minimum absolute atomic E-state index is 0.553. The Morgan fingerprint density at radius 2 is 2.50 bits per heavy atom. The van der Waals surface area contributed by atoms with Gasteiger partial charge in [0.05, 0.1) is 0 Å². The van der Waals surface area contributed by atoms with E-state index in [1.807, 2.05) is 13.0 Å². The van der Waals surface area contributed by atoms with E-state index in [-0.39, 0.29) is 0 Å². The van der Waals surface area contributed by atoms with E-state index in [1.54, 1.807) is 6.20 Å². The van der Waals surface area contributed by atoms with Gasteiger partial charge in [-0.3, -0.25) is 0 Å². The molecule has 1 aromatic heterocycles. The molecule has 14 heavy (non-hydrogen) atoms. The van der Waals surface area contributed by atoms with Crippen molar-refractivity contribution in [3.63, 3.8) is 0 Å². The van der Waals surface area contributed by atoms with Crippen LogP contribution in [-0.2, 0) is 0 Å². The van der Waals surface area contributed by atoms with E-state index < -0.39 is 0 Å². The quantitative estimate of drug-likeness (QED) is 0.715. The smallest absolute Gasteiger partial charge is 0.223 e. The van der Waals surface area contributed by atoms with E-state index in [9.17, 15) is 0 Å². The van der Waals surface area contributed by atoms with E-state index in [0.29, 0.717) is 12.1 Å². The lowest BCUT2D eigenvalue weighted by molar-refractivity contribution is 0.325. The largest absolute Gasteiger partial charge is 0.350 e. The predicted molar refractivity (Wildman–Crippen MR) is 54.1 cm³/mol. The lowest BCUT2D eigenvalue weighted by Crippen LogP contribution is -2.47. The number of anilines is 1. The van der Waals surface area contributed by atoms with Crippen molar-refractivity contribution in [2.24, 2.45) is 5.92 Å². The predicted octanol–water partition coefficient (Wildman–Crippen LogP) is 0.557. The summed E-state index contributed by atoms with van der Waals surface area (Å²) in [4.78, 5) is 8.55. The fraction of sp³-hybridized carbons (Fsp3) is 0.600. The number of nitrogens with zero attached hydrogens (tertiary/aromatic N) is 2. The molecular formula is C10H14N4. The maximum absolute atomic E-state index is 4.34.